The maximum absolute atomic E-state index is 5.79. The Labute approximate surface area is 109 Å². The van der Waals surface area contributed by atoms with Crippen LogP contribution in [0.15, 0.2) is 28.7 Å². The van der Waals surface area contributed by atoms with E-state index in [1.54, 1.807) is 0 Å². The van der Waals surface area contributed by atoms with Gasteiger partial charge in [0.05, 0.1) is 0 Å². The molecule has 3 heteroatoms. The lowest BCUT2D eigenvalue weighted by atomic mass is 10.1. The molecule has 0 saturated heterocycles. The van der Waals surface area contributed by atoms with E-state index in [4.69, 9.17) is 4.42 Å². The zero-order chi connectivity index (χ0) is 13.0. The second kappa shape index (κ2) is 6.03. The lowest BCUT2D eigenvalue weighted by Crippen LogP contribution is -2.22. The molecule has 3 nitrogen and oxygen atoms in total. The van der Waals surface area contributed by atoms with Crippen LogP contribution in [-0.4, -0.2) is 32.1 Å². The molecule has 0 atom stereocenters. The van der Waals surface area contributed by atoms with Gasteiger partial charge in [0.25, 0.3) is 0 Å². The van der Waals surface area contributed by atoms with E-state index in [1.807, 2.05) is 19.2 Å². The van der Waals surface area contributed by atoms with Gasteiger partial charge in [0.15, 0.2) is 0 Å². The summed E-state index contributed by atoms with van der Waals surface area (Å²) in [6.45, 7) is 5.17. The zero-order valence-electron chi connectivity index (χ0n) is 11.5. The Morgan fingerprint density at radius 3 is 2.83 bits per heavy atom. The van der Waals surface area contributed by atoms with Gasteiger partial charge in [-0.05, 0) is 46.6 Å². The first-order chi connectivity index (χ1) is 8.72. The number of aryl methyl sites for hydroxylation is 1. The topological polar surface area (TPSA) is 28.4 Å². The summed E-state index contributed by atoms with van der Waals surface area (Å²) in [5.41, 5.74) is 2.31. The zero-order valence-corrected chi connectivity index (χ0v) is 11.5. The summed E-state index contributed by atoms with van der Waals surface area (Å²) >= 11 is 0. The molecule has 98 valence electrons. The number of rotatable bonds is 6. The van der Waals surface area contributed by atoms with E-state index in [0.717, 1.165) is 31.0 Å². The first kappa shape index (κ1) is 13.1. The predicted molar refractivity (Wildman–Crippen MR) is 75.8 cm³/mol. The van der Waals surface area contributed by atoms with Crippen LogP contribution in [0.3, 0.4) is 0 Å². The molecule has 0 radical (unpaired) electrons. The fraction of sp³-hybridized carbons (Fsp3) is 0.467. The molecule has 2 aromatic rings. The average Bonchev–Trinajstić information content (AvgIpc) is 2.67. The van der Waals surface area contributed by atoms with Crippen LogP contribution in [0.4, 0.5) is 0 Å². The number of hydrogen-bond donors (Lipinski definition) is 1. The lowest BCUT2D eigenvalue weighted by Gasteiger charge is -2.16. The lowest BCUT2D eigenvalue weighted by molar-refractivity contribution is 0.319. The van der Waals surface area contributed by atoms with Gasteiger partial charge in [-0.25, -0.2) is 0 Å². The summed E-state index contributed by atoms with van der Waals surface area (Å²) < 4.78 is 5.79. The summed E-state index contributed by atoms with van der Waals surface area (Å²) in [7, 11) is 4.16. The summed E-state index contributed by atoms with van der Waals surface area (Å²) in [6.07, 6.45) is 1.17. The number of para-hydroxylation sites is 1. The normalized spacial score (nSPS) is 11.6. The molecule has 1 N–H and O–H groups in total. The third-order valence-corrected chi connectivity index (χ3v) is 3.29. The highest BCUT2D eigenvalue weighted by Gasteiger charge is 2.11. The fourth-order valence-electron chi connectivity index (χ4n) is 2.29. The van der Waals surface area contributed by atoms with Gasteiger partial charge in [0.1, 0.15) is 11.3 Å². The highest BCUT2D eigenvalue weighted by Crippen LogP contribution is 2.26. The third-order valence-electron chi connectivity index (χ3n) is 3.29. The van der Waals surface area contributed by atoms with Crippen molar-refractivity contribution in [3.05, 3.63) is 35.6 Å². The van der Waals surface area contributed by atoms with Crippen LogP contribution >= 0.6 is 0 Å². The molecule has 0 saturated carbocycles. The Bertz CT molecular complexity index is 504. The van der Waals surface area contributed by atoms with Crippen molar-refractivity contribution in [3.63, 3.8) is 0 Å². The molecular weight excluding hydrogens is 224 g/mol. The third kappa shape index (κ3) is 2.92. The summed E-state index contributed by atoms with van der Waals surface area (Å²) in [6, 6.07) is 8.27. The Morgan fingerprint density at radius 1 is 1.28 bits per heavy atom. The van der Waals surface area contributed by atoms with E-state index in [0.29, 0.717) is 0 Å². The molecule has 1 aromatic heterocycles. The SMILES string of the molecule is CNCCCN(C)Cc1c(C)oc2ccccc12. The number of fused-ring (bicyclic) bond motifs is 1. The Balaban J connectivity index is 2.08. The molecule has 0 unspecified atom stereocenters. The quantitative estimate of drug-likeness (QED) is 0.794. The highest BCUT2D eigenvalue weighted by atomic mass is 16.3. The molecule has 2 rings (SSSR count). The second-order valence-corrected chi connectivity index (χ2v) is 4.83. The molecular formula is C15H22N2O. The van der Waals surface area contributed by atoms with Crippen LogP contribution in [0.1, 0.15) is 17.7 Å². The van der Waals surface area contributed by atoms with Crippen molar-refractivity contribution in [2.75, 3.05) is 27.2 Å². The Hall–Kier alpha value is -1.32. The molecule has 1 aromatic carbocycles. The number of nitrogens with one attached hydrogen (secondary N) is 1. The molecule has 0 spiro atoms. The summed E-state index contributed by atoms with van der Waals surface area (Å²) in [4.78, 5) is 2.35. The van der Waals surface area contributed by atoms with E-state index in [1.165, 1.54) is 17.4 Å². The molecule has 18 heavy (non-hydrogen) atoms. The van der Waals surface area contributed by atoms with Crippen molar-refractivity contribution in [2.24, 2.45) is 0 Å². The minimum absolute atomic E-state index is 0.951. The van der Waals surface area contributed by atoms with Crippen molar-refractivity contribution in [1.29, 1.82) is 0 Å². The van der Waals surface area contributed by atoms with E-state index in [-0.39, 0.29) is 0 Å². The van der Waals surface area contributed by atoms with Gasteiger partial charge in [-0.2, -0.15) is 0 Å². The van der Waals surface area contributed by atoms with Gasteiger partial charge in [0.2, 0.25) is 0 Å². The van der Waals surface area contributed by atoms with Gasteiger partial charge in [0, 0.05) is 17.5 Å². The largest absolute Gasteiger partial charge is 0.461 e. The highest BCUT2D eigenvalue weighted by molar-refractivity contribution is 5.82. The summed E-state index contributed by atoms with van der Waals surface area (Å²) in [5.74, 6) is 1.04. The van der Waals surface area contributed by atoms with Crippen LogP contribution in [-0.2, 0) is 6.54 Å². The van der Waals surface area contributed by atoms with Gasteiger partial charge >= 0.3 is 0 Å². The van der Waals surface area contributed by atoms with Crippen molar-refractivity contribution in [3.8, 4) is 0 Å². The predicted octanol–water partition coefficient (Wildman–Crippen LogP) is 2.78. The van der Waals surface area contributed by atoms with E-state index < -0.39 is 0 Å². The van der Waals surface area contributed by atoms with Gasteiger partial charge in [-0.15, -0.1) is 0 Å². The molecule has 0 aliphatic carbocycles. The Kier molecular flexibility index (Phi) is 4.39. The molecule has 0 bridgehead atoms. The Morgan fingerprint density at radius 2 is 2.06 bits per heavy atom. The van der Waals surface area contributed by atoms with Crippen LogP contribution in [0.5, 0.6) is 0 Å². The van der Waals surface area contributed by atoms with Crippen molar-refractivity contribution < 1.29 is 4.42 Å². The van der Waals surface area contributed by atoms with Crippen LogP contribution in [0.25, 0.3) is 11.0 Å². The average molecular weight is 246 g/mol. The minimum atomic E-state index is 0.951. The maximum atomic E-state index is 5.79. The first-order valence-corrected chi connectivity index (χ1v) is 6.52. The van der Waals surface area contributed by atoms with Gasteiger partial charge in [-0.1, -0.05) is 18.2 Å². The van der Waals surface area contributed by atoms with Crippen molar-refractivity contribution in [1.82, 2.24) is 10.2 Å². The number of furan rings is 1. The molecule has 0 aliphatic heterocycles. The number of nitrogens with zero attached hydrogens (tertiary/aromatic N) is 1. The van der Waals surface area contributed by atoms with Crippen molar-refractivity contribution in [2.45, 2.75) is 19.9 Å². The van der Waals surface area contributed by atoms with Crippen LogP contribution in [0, 0.1) is 6.92 Å². The fourth-order valence-corrected chi connectivity index (χ4v) is 2.29. The smallest absolute Gasteiger partial charge is 0.134 e. The van der Waals surface area contributed by atoms with Crippen molar-refractivity contribution >= 4 is 11.0 Å². The van der Waals surface area contributed by atoms with Gasteiger partial charge in [-0.3, -0.25) is 0 Å². The van der Waals surface area contributed by atoms with Gasteiger partial charge < -0.3 is 14.6 Å². The molecule has 0 fully saturated rings. The standard InChI is InChI=1S/C15H22N2O/c1-12-14(11-17(3)10-6-9-16-2)13-7-4-5-8-15(13)18-12/h4-5,7-8,16H,6,9-11H2,1-3H3. The second-order valence-electron chi connectivity index (χ2n) is 4.83. The summed E-state index contributed by atoms with van der Waals surface area (Å²) in [5, 5.41) is 4.42. The maximum Gasteiger partial charge on any atom is 0.134 e. The molecule has 0 aliphatic rings. The minimum Gasteiger partial charge on any atom is -0.461 e. The van der Waals surface area contributed by atoms with E-state index in [2.05, 4.69) is 36.3 Å². The molecule has 0 amide bonds. The number of benzene rings is 1. The molecule has 1 heterocycles. The van der Waals surface area contributed by atoms with Crippen LogP contribution < -0.4 is 5.32 Å². The number of hydrogen-bond acceptors (Lipinski definition) is 3. The first-order valence-electron chi connectivity index (χ1n) is 6.52. The van der Waals surface area contributed by atoms with E-state index in [9.17, 15) is 0 Å². The van der Waals surface area contributed by atoms with Crippen LogP contribution in [0.2, 0.25) is 0 Å². The monoisotopic (exact) mass is 246 g/mol. The van der Waals surface area contributed by atoms with E-state index >= 15 is 0 Å².